The highest BCUT2D eigenvalue weighted by Crippen LogP contribution is 2.34. The van der Waals surface area contributed by atoms with Crippen LogP contribution in [-0.2, 0) is 5.60 Å². The molecule has 23 heavy (non-hydrogen) atoms. The van der Waals surface area contributed by atoms with Crippen LogP contribution in [0.2, 0.25) is 0 Å². The van der Waals surface area contributed by atoms with Crippen molar-refractivity contribution in [2.45, 2.75) is 63.9 Å². The Bertz CT molecular complexity index is 493. The van der Waals surface area contributed by atoms with Crippen molar-refractivity contribution in [2.24, 2.45) is 0 Å². The van der Waals surface area contributed by atoms with Crippen LogP contribution in [0.4, 0.5) is 0 Å². The molecule has 124 valence electrons. The third kappa shape index (κ3) is 5.21. The van der Waals surface area contributed by atoms with Crippen LogP contribution < -0.4 is 0 Å². The molecule has 1 nitrogen and oxygen atoms in total. The molecule has 0 spiro atoms. The molecule has 1 heteroatoms. The Morgan fingerprint density at radius 3 is 1.57 bits per heavy atom. The average molecular weight is 310 g/mol. The zero-order valence-corrected chi connectivity index (χ0v) is 14.4. The van der Waals surface area contributed by atoms with Crippen LogP contribution >= 0.6 is 0 Å². The molecule has 0 radical (unpaired) electrons. The van der Waals surface area contributed by atoms with E-state index in [4.69, 9.17) is 0 Å². The fourth-order valence-electron chi connectivity index (χ4n) is 3.22. The predicted octanol–water partition coefficient (Wildman–Crippen LogP) is 6.06. The van der Waals surface area contributed by atoms with Crippen molar-refractivity contribution in [3.05, 3.63) is 71.8 Å². The normalized spacial score (nSPS) is 11.6. The summed E-state index contributed by atoms with van der Waals surface area (Å²) in [5.74, 6) is 0. The minimum atomic E-state index is -0.869. The van der Waals surface area contributed by atoms with Crippen molar-refractivity contribution in [3.8, 4) is 0 Å². The number of hydrogen-bond donors (Lipinski definition) is 1. The van der Waals surface area contributed by atoms with Gasteiger partial charge in [0.25, 0.3) is 0 Å². The highest BCUT2D eigenvalue weighted by Gasteiger charge is 2.30. The van der Waals surface area contributed by atoms with Crippen molar-refractivity contribution in [1.29, 1.82) is 0 Å². The maximum absolute atomic E-state index is 11.4. The van der Waals surface area contributed by atoms with Gasteiger partial charge >= 0.3 is 0 Å². The molecule has 0 bridgehead atoms. The van der Waals surface area contributed by atoms with Crippen LogP contribution in [-0.4, -0.2) is 5.11 Å². The Labute approximate surface area is 141 Å². The first-order valence-corrected chi connectivity index (χ1v) is 9.11. The molecule has 0 aliphatic carbocycles. The average Bonchev–Trinajstić information content (AvgIpc) is 2.62. The van der Waals surface area contributed by atoms with E-state index >= 15 is 0 Å². The molecule has 2 aromatic rings. The molecule has 0 unspecified atom stereocenters. The highest BCUT2D eigenvalue weighted by molar-refractivity contribution is 5.35. The number of hydrogen-bond acceptors (Lipinski definition) is 1. The molecule has 0 saturated carbocycles. The van der Waals surface area contributed by atoms with Crippen molar-refractivity contribution < 1.29 is 5.11 Å². The van der Waals surface area contributed by atoms with Gasteiger partial charge in [0.05, 0.1) is 0 Å². The van der Waals surface area contributed by atoms with Gasteiger partial charge in [0.15, 0.2) is 0 Å². The molecular formula is C22H30O. The van der Waals surface area contributed by atoms with Crippen LogP contribution in [0.15, 0.2) is 60.7 Å². The lowest BCUT2D eigenvalue weighted by Crippen LogP contribution is -2.27. The summed E-state index contributed by atoms with van der Waals surface area (Å²) in [6.45, 7) is 2.25. The molecule has 0 fully saturated rings. The number of benzene rings is 2. The predicted molar refractivity (Wildman–Crippen MR) is 98.5 cm³/mol. The SMILES string of the molecule is CCCCCCCCCC(O)(c1ccccc1)c1ccccc1. The fourth-order valence-corrected chi connectivity index (χ4v) is 3.22. The van der Waals surface area contributed by atoms with Crippen LogP contribution in [0.3, 0.4) is 0 Å². The van der Waals surface area contributed by atoms with Gasteiger partial charge in [0.1, 0.15) is 5.60 Å². The summed E-state index contributed by atoms with van der Waals surface area (Å²) < 4.78 is 0. The van der Waals surface area contributed by atoms with Crippen LogP contribution in [0, 0.1) is 0 Å². The molecule has 0 aliphatic heterocycles. The van der Waals surface area contributed by atoms with E-state index in [-0.39, 0.29) is 0 Å². The molecule has 2 aromatic carbocycles. The summed E-state index contributed by atoms with van der Waals surface area (Å²) in [4.78, 5) is 0. The van der Waals surface area contributed by atoms with Crippen LogP contribution in [0.25, 0.3) is 0 Å². The van der Waals surface area contributed by atoms with E-state index in [2.05, 4.69) is 6.92 Å². The van der Waals surface area contributed by atoms with Gasteiger partial charge in [-0.25, -0.2) is 0 Å². The fraction of sp³-hybridized carbons (Fsp3) is 0.455. The monoisotopic (exact) mass is 310 g/mol. The zero-order chi connectivity index (χ0) is 16.4. The van der Waals surface area contributed by atoms with Gasteiger partial charge in [-0.05, 0) is 24.0 Å². The lowest BCUT2D eigenvalue weighted by atomic mass is 9.82. The lowest BCUT2D eigenvalue weighted by molar-refractivity contribution is 0.0678. The second-order valence-electron chi connectivity index (χ2n) is 6.46. The number of unbranched alkanes of at least 4 members (excludes halogenated alkanes) is 6. The van der Waals surface area contributed by atoms with Gasteiger partial charge in [-0.15, -0.1) is 0 Å². The largest absolute Gasteiger partial charge is 0.380 e. The minimum Gasteiger partial charge on any atom is -0.380 e. The first kappa shape index (κ1) is 17.7. The van der Waals surface area contributed by atoms with Gasteiger partial charge in [-0.2, -0.15) is 0 Å². The van der Waals surface area contributed by atoms with E-state index in [1.54, 1.807) is 0 Å². The molecule has 2 rings (SSSR count). The summed E-state index contributed by atoms with van der Waals surface area (Å²) in [7, 11) is 0. The molecule has 0 aliphatic rings. The van der Waals surface area contributed by atoms with Crippen molar-refractivity contribution in [1.82, 2.24) is 0 Å². The Balaban J connectivity index is 1.98. The zero-order valence-electron chi connectivity index (χ0n) is 14.4. The van der Waals surface area contributed by atoms with E-state index < -0.39 is 5.60 Å². The molecule has 0 heterocycles. The molecule has 0 amide bonds. The van der Waals surface area contributed by atoms with Gasteiger partial charge in [0.2, 0.25) is 0 Å². The smallest absolute Gasteiger partial charge is 0.115 e. The van der Waals surface area contributed by atoms with Gasteiger partial charge in [-0.3, -0.25) is 0 Å². The topological polar surface area (TPSA) is 20.2 Å². The Kier molecular flexibility index (Phi) is 7.35. The molecule has 0 saturated heterocycles. The first-order valence-electron chi connectivity index (χ1n) is 9.11. The van der Waals surface area contributed by atoms with E-state index in [0.717, 1.165) is 24.0 Å². The first-order chi connectivity index (χ1) is 11.3. The van der Waals surface area contributed by atoms with E-state index in [1.807, 2.05) is 60.7 Å². The minimum absolute atomic E-state index is 0.787. The van der Waals surface area contributed by atoms with Gasteiger partial charge in [-0.1, -0.05) is 106 Å². The Morgan fingerprint density at radius 1 is 0.652 bits per heavy atom. The van der Waals surface area contributed by atoms with Crippen molar-refractivity contribution in [2.75, 3.05) is 0 Å². The Morgan fingerprint density at radius 2 is 1.09 bits per heavy atom. The standard InChI is InChI=1S/C22H30O/c1-2-3-4-5-6-7-14-19-22(23,20-15-10-8-11-16-20)21-17-12-9-13-18-21/h8-13,15-18,23H,2-7,14,19H2,1H3. The van der Waals surface area contributed by atoms with E-state index in [0.29, 0.717) is 0 Å². The summed E-state index contributed by atoms with van der Waals surface area (Å²) in [5, 5.41) is 11.4. The maximum Gasteiger partial charge on any atom is 0.115 e. The van der Waals surface area contributed by atoms with Crippen molar-refractivity contribution in [3.63, 3.8) is 0 Å². The molecule has 1 N–H and O–H groups in total. The number of aliphatic hydroxyl groups is 1. The maximum atomic E-state index is 11.4. The van der Waals surface area contributed by atoms with Crippen LogP contribution in [0.1, 0.15) is 69.4 Å². The number of rotatable bonds is 10. The lowest BCUT2D eigenvalue weighted by Gasteiger charge is -2.29. The molecule has 0 atom stereocenters. The third-order valence-corrected chi connectivity index (χ3v) is 4.64. The van der Waals surface area contributed by atoms with Gasteiger partial charge < -0.3 is 5.11 Å². The summed E-state index contributed by atoms with van der Waals surface area (Å²) in [6.07, 6.45) is 9.63. The summed E-state index contributed by atoms with van der Waals surface area (Å²) in [6, 6.07) is 20.2. The van der Waals surface area contributed by atoms with Gasteiger partial charge in [0, 0.05) is 0 Å². The second-order valence-corrected chi connectivity index (χ2v) is 6.46. The third-order valence-electron chi connectivity index (χ3n) is 4.64. The van der Waals surface area contributed by atoms with E-state index in [9.17, 15) is 5.11 Å². The quantitative estimate of drug-likeness (QED) is 0.528. The molecular weight excluding hydrogens is 280 g/mol. The van der Waals surface area contributed by atoms with Crippen LogP contribution in [0.5, 0.6) is 0 Å². The Hall–Kier alpha value is -1.60. The summed E-state index contributed by atoms with van der Waals surface area (Å²) >= 11 is 0. The van der Waals surface area contributed by atoms with Crippen molar-refractivity contribution >= 4 is 0 Å². The summed E-state index contributed by atoms with van der Waals surface area (Å²) in [5.41, 5.74) is 1.13. The molecule has 0 aromatic heterocycles. The highest BCUT2D eigenvalue weighted by atomic mass is 16.3. The van der Waals surface area contributed by atoms with E-state index in [1.165, 1.54) is 38.5 Å². The second kappa shape index (κ2) is 9.52.